The molecule has 0 amide bonds. The first-order valence-corrected chi connectivity index (χ1v) is 11.8. The van der Waals surface area contributed by atoms with E-state index in [9.17, 15) is 19.5 Å². The number of aryl methyl sites for hydroxylation is 1. The number of para-hydroxylation sites is 2. The molecular formula is C29H29NO6. The van der Waals surface area contributed by atoms with E-state index in [0.29, 0.717) is 51.5 Å². The van der Waals surface area contributed by atoms with E-state index in [1.807, 2.05) is 18.7 Å². The number of carbonyl (C=O) groups excluding carboxylic acids is 1. The van der Waals surface area contributed by atoms with E-state index in [0.717, 1.165) is 6.42 Å². The summed E-state index contributed by atoms with van der Waals surface area (Å²) in [5.74, 6) is -1.63. The van der Waals surface area contributed by atoms with Gasteiger partial charge in [-0.25, -0.2) is 4.79 Å². The monoisotopic (exact) mass is 487 g/mol. The van der Waals surface area contributed by atoms with Crippen molar-refractivity contribution in [2.45, 2.75) is 40.0 Å². The average molecular weight is 488 g/mol. The number of allylic oxidation sites excluding steroid dienone is 3. The van der Waals surface area contributed by atoms with Gasteiger partial charge in [-0.05, 0) is 45.4 Å². The molecule has 1 aromatic heterocycles. The number of benzene rings is 2. The first-order chi connectivity index (χ1) is 17.2. The molecule has 2 heterocycles. The van der Waals surface area contributed by atoms with Crippen LogP contribution in [-0.4, -0.2) is 35.4 Å². The van der Waals surface area contributed by atoms with Crippen molar-refractivity contribution in [2.75, 3.05) is 13.7 Å². The van der Waals surface area contributed by atoms with Crippen molar-refractivity contribution in [1.82, 2.24) is 4.90 Å². The molecule has 1 N–H and O–H groups in total. The van der Waals surface area contributed by atoms with Crippen LogP contribution in [0.4, 0.5) is 0 Å². The Morgan fingerprint density at radius 2 is 1.72 bits per heavy atom. The maximum Gasteiger partial charge on any atom is 0.334 e. The Morgan fingerprint density at radius 1 is 1.03 bits per heavy atom. The van der Waals surface area contributed by atoms with Gasteiger partial charge in [0.15, 0.2) is 11.2 Å². The molecule has 1 atom stereocenters. The zero-order chi connectivity index (χ0) is 26.1. The molecule has 1 aliphatic rings. The van der Waals surface area contributed by atoms with Gasteiger partial charge in [0.05, 0.1) is 29.6 Å². The van der Waals surface area contributed by atoms with Gasteiger partial charge >= 0.3 is 5.97 Å². The topological polar surface area (TPSA) is 97.0 Å². The minimum absolute atomic E-state index is 0.0731. The van der Waals surface area contributed by atoms with Crippen molar-refractivity contribution in [3.8, 4) is 5.75 Å². The molecule has 1 unspecified atom stereocenters. The first-order valence-electron chi connectivity index (χ1n) is 11.8. The minimum Gasteiger partial charge on any atom is -0.496 e. The molecule has 0 bridgehead atoms. The standard InChI is InChI=1S/C29H29NO6/c1-6-14-30-17(3)24(27(32)20-10-7-8-13-23(20)35-5)26(25(18(30)4)29(33)34)21-12-9-11-19-22(31)15-16(2)36-28(19)21/h7-13,15,26H,6,14H2,1-5H3,(H,33,34). The lowest BCUT2D eigenvalue weighted by Gasteiger charge is -2.38. The number of carbonyl (C=O) groups is 2. The molecule has 0 spiro atoms. The number of hydrogen-bond acceptors (Lipinski definition) is 6. The molecule has 36 heavy (non-hydrogen) atoms. The summed E-state index contributed by atoms with van der Waals surface area (Å²) in [6.07, 6.45) is 0.755. The lowest BCUT2D eigenvalue weighted by molar-refractivity contribution is -0.133. The third kappa shape index (κ3) is 4.11. The van der Waals surface area contributed by atoms with E-state index < -0.39 is 11.9 Å². The molecule has 1 aliphatic heterocycles. The number of hydrogen-bond donors (Lipinski definition) is 1. The van der Waals surface area contributed by atoms with Crippen LogP contribution in [0, 0.1) is 6.92 Å². The van der Waals surface area contributed by atoms with E-state index in [1.54, 1.807) is 56.3 Å². The third-order valence-corrected chi connectivity index (χ3v) is 6.66. The van der Waals surface area contributed by atoms with Gasteiger partial charge in [0.25, 0.3) is 0 Å². The van der Waals surface area contributed by atoms with Crippen LogP contribution < -0.4 is 10.2 Å². The second-order valence-electron chi connectivity index (χ2n) is 8.86. The number of ether oxygens (including phenoxy) is 1. The highest BCUT2D eigenvalue weighted by Gasteiger charge is 2.41. The van der Waals surface area contributed by atoms with Crippen molar-refractivity contribution in [2.24, 2.45) is 0 Å². The average Bonchev–Trinajstić information content (AvgIpc) is 2.85. The van der Waals surface area contributed by atoms with Gasteiger partial charge in [-0.1, -0.05) is 31.2 Å². The molecule has 0 saturated heterocycles. The Balaban J connectivity index is 2.10. The number of fused-ring (bicyclic) bond motifs is 1. The normalized spacial score (nSPS) is 16.0. The van der Waals surface area contributed by atoms with Crippen LogP contribution in [0.1, 0.15) is 54.8 Å². The summed E-state index contributed by atoms with van der Waals surface area (Å²) in [7, 11) is 1.49. The Labute approximate surface area is 209 Å². The highest BCUT2D eigenvalue weighted by Crippen LogP contribution is 2.45. The van der Waals surface area contributed by atoms with Gasteiger partial charge in [-0.15, -0.1) is 0 Å². The lowest BCUT2D eigenvalue weighted by atomic mass is 9.76. The van der Waals surface area contributed by atoms with Crippen molar-refractivity contribution >= 4 is 22.7 Å². The van der Waals surface area contributed by atoms with Crippen LogP contribution in [-0.2, 0) is 4.79 Å². The van der Waals surface area contributed by atoms with Gasteiger partial charge < -0.3 is 19.2 Å². The molecule has 0 radical (unpaired) electrons. The Bertz CT molecular complexity index is 1490. The van der Waals surface area contributed by atoms with Crippen molar-refractivity contribution in [3.05, 3.63) is 98.2 Å². The lowest BCUT2D eigenvalue weighted by Crippen LogP contribution is -2.35. The van der Waals surface area contributed by atoms with E-state index in [2.05, 4.69) is 0 Å². The van der Waals surface area contributed by atoms with Crippen LogP contribution >= 0.6 is 0 Å². The molecule has 2 aromatic carbocycles. The van der Waals surface area contributed by atoms with Gasteiger partial charge in [0.2, 0.25) is 0 Å². The quantitative estimate of drug-likeness (QED) is 0.444. The van der Waals surface area contributed by atoms with Crippen LogP contribution in [0.5, 0.6) is 5.75 Å². The third-order valence-electron chi connectivity index (χ3n) is 6.66. The Morgan fingerprint density at radius 3 is 2.39 bits per heavy atom. The summed E-state index contributed by atoms with van der Waals surface area (Å²) in [6, 6.07) is 13.3. The predicted molar refractivity (Wildman–Crippen MR) is 137 cm³/mol. The van der Waals surface area contributed by atoms with Gasteiger partial charge in [-0.2, -0.15) is 0 Å². The number of carboxylic acids is 1. The Kier molecular flexibility index (Phi) is 6.84. The van der Waals surface area contributed by atoms with Crippen molar-refractivity contribution in [3.63, 3.8) is 0 Å². The number of nitrogens with zero attached hydrogens (tertiary/aromatic N) is 1. The fourth-order valence-electron chi connectivity index (χ4n) is 5.07. The summed E-state index contributed by atoms with van der Waals surface area (Å²) < 4.78 is 11.5. The maximum atomic E-state index is 14.2. The number of ketones is 1. The summed E-state index contributed by atoms with van der Waals surface area (Å²) in [4.78, 5) is 41.6. The first kappa shape index (κ1) is 25.0. The van der Waals surface area contributed by atoms with Crippen LogP contribution in [0.15, 0.2) is 80.3 Å². The summed E-state index contributed by atoms with van der Waals surface area (Å²) in [5.41, 5.74) is 2.44. The fraction of sp³-hybridized carbons (Fsp3) is 0.276. The van der Waals surface area contributed by atoms with E-state index >= 15 is 0 Å². The summed E-state index contributed by atoms with van der Waals surface area (Å²) in [6.45, 7) is 7.81. The highest BCUT2D eigenvalue weighted by atomic mass is 16.5. The number of methoxy groups -OCH3 is 1. The molecule has 3 aromatic rings. The SMILES string of the molecule is CCCN1C(C)=C(C(=O)O)C(c2cccc3c(=O)cc(C)oc23)C(C(=O)c2ccccc2OC)=C1C. The second-order valence-corrected chi connectivity index (χ2v) is 8.86. The zero-order valence-electron chi connectivity index (χ0n) is 21.0. The molecule has 7 heteroatoms. The maximum absolute atomic E-state index is 14.2. The van der Waals surface area contributed by atoms with Crippen LogP contribution in [0.2, 0.25) is 0 Å². The van der Waals surface area contributed by atoms with Crippen LogP contribution in [0.25, 0.3) is 11.0 Å². The molecule has 7 nitrogen and oxygen atoms in total. The summed E-state index contributed by atoms with van der Waals surface area (Å²) in [5, 5.41) is 10.8. The highest BCUT2D eigenvalue weighted by molar-refractivity contribution is 6.14. The van der Waals surface area contributed by atoms with Gasteiger partial charge in [-0.3, -0.25) is 9.59 Å². The molecule has 186 valence electrons. The number of Topliss-reactive ketones (excluding diaryl/α,β-unsaturated/α-hetero) is 1. The smallest absolute Gasteiger partial charge is 0.334 e. The predicted octanol–water partition coefficient (Wildman–Crippen LogP) is 5.43. The van der Waals surface area contributed by atoms with Crippen molar-refractivity contribution in [1.29, 1.82) is 0 Å². The Hall–Kier alpha value is -4.13. The number of rotatable bonds is 7. The van der Waals surface area contributed by atoms with Crippen LogP contribution in [0.3, 0.4) is 0 Å². The molecular weight excluding hydrogens is 458 g/mol. The van der Waals surface area contributed by atoms with Crippen molar-refractivity contribution < 1.29 is 23.8 Å². The molecule has 0 fully saturated rings. The van der Waals surface area contributed by atoms with E-state index in [1.165, 1.54) is 13.2 Å². The van der Waals surface area contributed by atoms with E-state index in [-0.39, 0.29) is 22.4 Å². The molecule has 0 saturated carbocycles. The van der Waals surface area contributed by atoms with E-state index in [4.69, 9.17) is 9.15 Å². The second kappa shape index (κ2) is 9.85. The zero-order valence-corrected chi connectivity index (χ0v) is 21.0. The number of aliphatic carboxylic acids is 1. The van der Waals surface area contributed by atoms with Gasteiger partial charge in [0.1, 0.15) is 17.1 Å². The largest absolute Gasteiger partial charge is 0.496 e. The fourth-order valence-corrected chi connectivity index (χ4v) is 5.07. The molecule has 0 aliphatic carbocycles. The molecule has 4 rings (SSSR count). The minimum atomic E-state index is -1.14. The number of carboxylic acid groups (broad SMARTS) is 1. The van der Waals surface area contributed by atoms with Gasteiger partial charge in [0, 0.05) is 35.1 Å². The summed E-state index contributed by atoms with van der Waals surface area (Å²) >= 11 is 0.